The van der Waals surface area contributed by atoms with Crippen LogP contribution in [0.1, 0.15) is 34.1 Å². The number of rotatable bonds is 9. The zero-order valence-corrected chi connectivity index (χ0v) is 27.6. The van der Waals surface area contributed by atoms with Gasteiger partial charge in [-0.05, 0) is 78.7 Å². The molecule has 0 fully saturated rings. The molecule has 1 atom stereocenters. The summed E-state index contributed by atoms with van der Waals surface area (Å²) in [6, 6.07) is 36.7. The third-order valence-corrected chi connectivity index (χ3v) is 9.55. The van der Waals surface area contributed by atoms with Crippen LogP contribution in [0.3, 0.4) is 0 Å². The molecule has 0 aliphatic heterocycles. The van der Waals surface area contributed by atoms with Gasteiger partial charge >= 0.3 is 0 Å². The average Bonchev–Trinajstić information content (AvgIpc) is 3.43. The highest BCUT2D eigenvalue weighted by Crippen LogP contribution is 2.33. The maximum atomic E-state index is 14.0. The maximum Gasteiger partial charge on any atom is 0.272 e. The monoisotopic (exact) mass is 677 g/mol. The molecule has 234 valence electrons. The first-order valence-corrected chi connectivity index (χ1v) is 16.6. The minimum absolute atomic E-state index is 0.00402. The largest absolute Gasteiger partial charge is 0.321 e. The number of halogens is 2. The molecule has 1 aromatic heterocycles. The summed E-state index contributed by atoms with van der Waals surface area (Å²) in [6.07, 6.45) is 2.14. The zero-order chi connectivity index (χ0) is 32.9. The molecular weight excluding hydrogens is 649 g/mol. The van der Waals surface area contributed by atoms with E-state index >= 15 is 0 Å². The molecule has 6 nitrogen and oxygen atoms in total. The van der Waals surface area contributed by atoms with E-state index in [2.05, 4.69) is 10.6 Å². The smallest absolute Gasteiger partial charge is 0.272 e. The number of hydrogen-bond acceptors (Lipinski definition) is 4. The maximum absolute atomic E-state index is 14.0. The Morgan fingerprint density at radius 1 is 0.787 bits per heavy atom. The molecule has 0 saturated heterocycles. The standard InChI is InChI=1S/C38H29Cl2N3O3S/c1-2-35(38(46)43-33-14-8-6-12-29(33)30-13-7-9-15-34(30)43)47-28-20-18-27(19-21-28)41-37(45)32(22-25-16-17-26(39)23-31(25)40)42-36(44)24-10-4-3-5-11-24/h3-23,35H,2H2,1H3,(H,41,45)(H,42,44)/b32-22-. The van der Waals surface area contributed by atoms with Crippen LogP contribution in [-0.2, 0) is 4.79 Å². The van der Waals surface area contributed by atoms with E-state index in [0.29, 0.717) is 33.3 Å². The van der Waals surface area contributed by atoms with Crippen molar-refractivity contribution in [3.05, 3.63) is 148 Å². The zero-order valence-electron chi connectivity index (χ0n) is 25.2. The molecule has 0 bridgehead atoms. The highest BCUT2D eigenvalue weighted by molar-refractivity contribution is 8.00. The fraction of sp³-hybridized carbons (Fsp3) is 0.0789. The molecule has 5 aromatic carbocycles. The lowest BCUT2D eigenvalue weighted by atomic mass is 10.1. The molecule has 6 aromatic rings. The fourth-order valence-electron chi connectivity index (χ4n) is 5.31. The van der Waals surface area contributed by atoms with E-state index in [1.807, 2.05) is 72.2 Å². The summed E-state index contributed by atoms with van der Waals surface area (Å²) in [5.41, 5.74) is 3.21. The normalized spacial score (nSPS) is 12.2. The van der Waals surface area contributed by atoms with Gasteiger partial charge in [0.1, 0.15) is 5.70 Å². The van der Waals surface area contributed by atoms with Gasteiger partial charge < -0.3 is 10.6 Å². The van der Waals surface area contributed by atoms with Gasteiger partial charge in [-0.3, -0.25) is 19.0 Å². The number of carbonyl (C=O) groups excluding carboxylic acids is 3. The van der Waals surface area contributed by atoms with Crippen LogP contribution in [0.5, 0.6) is 0 Å². The molecule has 0 radical (unpaired) electrons. The number of nitrogens with one attached hydrogen (secondary N) is 2. The highest BCUT2D eigenvalue weighted by atomic mass is 35.5. The van der Waals surface area contributed by atoms with Crippen molar-refractivity contribution in [2.24, 2.45) is 0 Å². The summed E-state index contributed by atoms with van der Waals surface area (Å²) in [4.78, 5) is 41.3. The average molecular weight is 679 g/mol. The highest BCUT2D eigenvalue weighted by Gasteiger charge is 2.24. The molecule has 0 aliphatic carbocycles. The van der Waals surface area contributed by atoms with Crippen LogP contribution in [0.4, 0.5) is 5.69 Å². The lowest BCUT2D eigenvalue weighted by molar-refractivity contribution is -0.113. The Labute approximate surface area is 286 Å². The third kappa shape index (κ3) is 7.13. The van der Waals surface area contributed by atoms with Crippen molar-refractivity contribution in [1.82, 2.24) is 9.88 Å². The Morgan fingerprint density at radius 2 is 1.40 bits per heavy atom. The van der Waals surface area contributed by atoms with Gasteiger partial charge in [0.2, 0.25) is 5.91 Å². The van der Waals surface area contributed by atoms with Crippen LogP contribution in [-0.4, -0.2) is 27.5 Å². The van der Waals surface area contributed by atoms with E-state index in [1.54, 1.807) is 60.7 Å². The van der Waals surface area contributed by atoms with Crippen molar-refractivity contribution in [3.8, 4) is 0 Å². The van der Waals surface area contributed by atoms with Crippen molar-refractivity contribution < 1.29 is 14.4 Å². The predicted molar refractivity (Wildman–Crippen MR) is 193 cm³/mol. The van der Waals surface area contributed by atoms with Crippen molar-refractivity contribution >= 4 is 86.3 Å². The van der Waals surface area contributed by atoms with E-state index in [9.17, 15) is 14.4 Å². The molecule has 2 amide bonds. The van der Waals surface area contributed by atoms with Crippen molar-refractivity contribution in [2.75, 3.05) is 5.32 Å². The number of aromatic nitrogens is 1. The first-order valence-electron chi connectivity index (χ1n) is 15.0. The van der Waals surface area contributed by atoms with Gasteiger partial charge in [-0.1, -0.05) is 90.8 Å². The van der Waals surface area contributed by atoms with Gasteiger partial charge in [0.05, 0.1) is 16.3 Å². The minimum Gasteiger partial charge on any atom is -0.321 e. The molecule has 47 heavy (non-hydrogen) atoms. The summed E-state index contributed by atoms with van der Waals surface area (Å²) in [5.74, 6) is -0.965. The van der Waals surface area contributed by atoms with Crippen LogP contribution in [0.15, 0.2) is 132 Å². The molecule has 0 saturated carbocycles. The first-order chi connectivity index (χ1) is 22.8. The lowest BCUT2D eigenvalue weighted by Gasteiger charge is -2.16. The number of para-hydroxylation sites is 2. The van der Waals surface area contributed by atoms with Gasteiger partial charge in [0.15, 0.2) is 0 Å². The molecule has 0 aliphatic rings. The van der Waals surface area contributed by atoms with Crippen LogP contribution in [0.25, 0.3) is 27.9 Å². The molecule has 2 N–H and O–H groups in total. The Balaban J connectivity index is 1.21. The minimum atomic E-state index is -0.534. The predicted octanol–water partition coefficient (Wildman–Crippen LogP) is 9.72. The van der Waals surface area contributed by atoms with Gasteiger partial charge in [0.25, 0.3) is 11.8 Å². The van der Waals surface area contributed by atoms with Gasteiger partial charge in [-0.2, -0.15) is 0 Å². The van der Waals surface area contributed by atoms with Crippen LogP contribution >= 0.6 is 35.0 Å². The van der Waals surface area contributed by atoms with E-state index in [4.69, 9.17) is 23.2 Å². The second-order valence-electron chi connectivity index (χ2n) is 10.7. The Kier molecular flexibility index (Phi) is 9.78. The van der Waals surface area contributed by atoms with E-state index in [1.165, 1.54) is 17.8 Å². The SMILES string of the molecule is CCC(Sc1ccc(NC(=O)/C(=C/c2ccc(Cl)cc2Cl)NC(=O)c2ccccc2)cc1)C(=O)n1c2ccccc2c2ccccc21. The van der Waals surface area contributed by atoms with E-state index in [-0.39, 0.29) is 16.9 Å². The van der Waals surface area contributed by atoms with Crippen molar-refractivity contribution in [3.63, 3.8) is 0 Å². The quantitative estimate of drug-likeness (QED) is 0.118. The summed E-state index contributed by atoms with van der Waals surface area (Å²) in [5, 5.41) is 8.11. The topological polar surface area (TPSA) is 80.2 Å². The number of anilines is 1. The number of thioether (sulfide) groups is 1. The molecule has 0 spiro atoms. The summed E-state index contributed by atoms with van der Waals surface area (Å²) in [6.45, 7) is 2.00. The number of benzene rings is 5. The Bertz CT molecular complexity index is 2090. The number of hydrogen-bond donors (Lipinski definition) is 2. The third-order valence-electron chi connectivity index (χ3n) is 7.63. The van der Waals surface area contributed by atoms with Crippen LogP contribution in [0, 0.1) is 0 Å². The second kappa shape index (κ2) is 14.3. The van der Waals surface area contributed by atoms with Crippen LogP contribution in [0.2, 0.25) is 10.0 Å². The van der Waals surface area contributed by atoms with Gasteiger partial charge in [-0.25, -0.2) is 0 Å². The van der Waals surface area contributed by atoms with E-state index in [0.717, 1.165) is 26.7 Å². The fourth-order valence-corrected chi connectivity index (χ4v) is 6.77. The van der Waals surface area contributed by atoms with E-state index < -0.39 is 11.8 Å². The first kappa shape index (κ1) is 32.1. The number of carbonyl (C=O) groups is 3. The summed E-state index contributed by atoms with van der Waals surface area (Å²) < 4.78 is 1.82. The number of nitrogens with zero attached hydrogens (tertiary/aromatic N) is 1. The van der Waals surface area contributed by atoms with Crippen LogP contribution < -0.4 is 10.6 Å². The molecule has 9 heteroatoms. The lowest BCUT2D eigenvalue weighted by Crippen LogP contribution is -2.30. The number of fused-ring (bicyclic) bond motifs is 3. The second-order valence-corrected chi connectivity index (χ2v) is 12.9. The molecular formula is C38H29Cl2N3O3S. The van der Waals surface area contributed by atoms with Crippen molar-refractivity contribution in [1.29, 1.82) is 0 Å². The Hall–Kier alpha value is -4.82. The molecule has 1 heterocycles. The number of amides is 2. The van der Waals surface area contributed by atoms with Gasteiger partial charge in [-0.15, -0.1) is 11.8 Å². The van der Waals surface area contributed by atoms with Crippen molar-refractivity contribution in [2.45, 2.75) is 23.5 Å². The summed E-state index contributed by atoms with van der Waals surface area (Å²) in [7, 11) is 0. The summed E-state index contributed by atoms with van der Waals surface area (Å²) >= 11 is 13.9. The van der Waals surface area contributed by atoms with Gasteiger partial charge in [0, 0.05) is 37.0 Å². The Morgan fingerprint density at radius 3 is 2.02 bits per heavy atom. The molecule has 1 unspecified atom stereocenters. The molecule has 6 rings (SSSR count).